The van der Waals surface area contributed by atoms with Crippen molar-refractivity contribution in [3.8, 4) is 11.9 Å². The van der Waals surface area contributed by atoms with Crippen LogP contribution in [0.1, 0.15) is 18.9 Å². The van der Waals surface area contributed by atoms with Crippen LogP contribution in [0.5, 0.6) is 5.75 Å². The van der Waals surface area contributed by atoms with Gasteiger partial charge in [0.25, 0.3) is 0 Å². The van der Waals surface area contributed by atoms with Crippen LogP contribution in [0, 0.1) is 11.5 Å². The Morgan fingerprint density at radius 3 is 2.79 bits per heavy atom. The Hall–Kier alpha value is -3.50. The average molecular weight is 580 g/mol. The lowest BCUT2D eigenvalue weighted by Crippen LogP contribution is -2.53. The van der Waals surface area contributed by atoms with E-state index in [2.05, 4.69) is 25.5 Å². The molecule has 206 valence electrons. The second kappa shape index (κ2) is 12.6. The Balaban J connectivity index is 1.72. The van der Waals surface area contributed by atoms with Crippen LogP contribution >= 0.6 is 23.2 Å². The van der Waals surface area contributed by atoms with Crippen LogP contribution in [0.3, 0.4) is 0 Å². The van der Waals surface area contributed by atoms with Crippen molar-refractivity contribution in [1.82, 2.24) is 20.5 Å². The first-order valence-corrected chi connectivity index (χ1v) is 12.8. The van der Waals surface area contributed by atoms with Crippen molar-refractivity contribution in [1.29, 1.82) is 5.26 Å². The Labute approximate surface area is 233 Å². The number of hydrazone groups is 1. The molecule has 3 N–H and O–H groups in total. The molecule has 4 rings (SSSR count). The zero-order valence-electron chi connectivity index (χ0n) is 20.7. The normalized spacial score (nSPS) is 21.1. The summed E-state index contributed by atoms with van der Waals surface area (Å²) in [6.07, 6.45) is 1.48. The smallest absolute Gasteiger partial charge is 0.387 e. The first-order chi connectivity index (χ1) is 18.7. The maximum absolute atomic E-state index is 13.5. The zero-order chi connectivity index (χ0) is 28.1. The van der Waals surface area contributed by atoms with Crippen LogP contribution in [0.25, 0.3) is 0 Å². The van der Waals surface area contributed by atoms with E-state index in [-0.39, 0.29) is 36.3 Å². The number of hydrogen-bond donors (Lipinski definition) is 3. The number of nitrogens with one attached hydrogen (secondary N) is 2. The fourth-order valence-corrected chi connectivity index (χ4v) is 4.76. The van der Waals surface area contributed by atoms with E-state index in [1.165, 1.54) is 23.2 Å². The number of likely N-dealkylation sites (N-methyl/N-ethyl adjacent to an activating group) is 1. The molecule has 2 aromatic carbocycles. The lowest BCUT2D eigenvalue weighted by Gasteiger charge is -2.31. The van der Waals surface area contributed by atoms with Crippen molar-refractivity contribution in [3.63, 3.8) is 0 Å². The van der Waals surface area contributed by atoms with Crippen molar-refractivity contribution >= 4 is 46.5 Å². The summed E-state index contributed by atoms with van der Waals surface area (Å²) in [6.45, 7) is -0.417. The maximum Gasteiger partial charge on any atom is 0.387 e. The van der Waals surface area contributed by atoms with Gasteiger partial charge in [0.2, 0.25) is 11.9 Å². The Kier molecular flexibility index (Phi) is 9.19. The molecule has 0 bridgehead atoms. The van der Waals surface area contributed by atoms with Crippen LogP contribution < -0.4 is 15.4 Å². The number of aliphatic imine (C=N–C) groups is 1. The van der Waals surface area contributed by atoms with Gasteiger partial charge >= 0.3 is 6.61 Å². The molecule has 1 amide bonds. The van der Waals surface area contributed by atoms with Crippen molar-refractivity contribution in [2.45, 2.75) is 38.1 Å². The largest absolute Gasteiger partial charge is 0.435 e. The molecule has 2 aliphatic rings. The van der Waals surface area contributed by atoms with Gasteiger partial charge in [0.05, 0.1) is 46.2 Å². The van der Waals surface area contributed by atoms with Crippen molar-refractivity contribution in [3.05, 3.63) is 58.1 Å². The molecule has 3 atom stereocenters. The number of aliphatic hydroxyl groups excluding tert-OH is 1. The summed E-state index contributed by atoms with van der Waals surface area (Å²) in [7, 11) is 0. The molecule has 0 radical (unpaired) electrons. The average Bonchev–Trinajstić information content (AvgIpc) is 3.53. The standard InChI is InChI=1S/C25H25Cl2F2N7O3/c1-2-35(23(38)20-10-16(37)11-31-20)21-12-36(34-22(21)14-6-7-18(26)19(27)8-14)25(32-13-30)33-15-4-3-5-17(9-15)39-24(28)29/h3-9,16,20-21,24,31,37H,2,10-12H2,1H3,(H,32,33)/t16-,20-,21?/m1/s1. The summed E-state index contributed by atoms with van der Waals surface area (Å²) in [5, 5.41) is 31.6. The van der Waals surface area contributed by atoms with Crippen LogP contribution in [-0.2, 0) is 4.79 Å². The highest BCUT2D eigenvalue weighted by molar-refractivity contribution is 6.42. The molecule has 0 aliphatic carbocycles. The number of halogens is 4. The number of alkyl halides is 2. The number of nitrogens with zero attached hydrogens (tertiary/aromatic N) is 5. The number of hydrogen-bond acceptors (Lipinski definition) is 7. The van der Waals surface area contributed by atoms with Crippen molar-refractivity contribution in [2.24, 2.45) is 10.1 Å². The van der Waals surface area contributed by atoms with Crippen LogP contribution in [0.4, 0.5) is 14.5 Å². The van der Waals surface area contributed by atoms with Gasteiger partial charge in [-0.2, -0.15) is 19.1 Å². The zero-order valence-corrected chi connectivity index (χ0v) is 22.2. The van der Waals surface area contributed by atoms with Gasteiger partial charge in [-0.25, -0.2) is 10.0 Å². The Morgan fingerprint density at radius 2 is 2.15 bits per heavy atom. The van der Waals surface area contributed by atoms with Gasteiger partial charge in [0.15, 0.2) is 6.19 Å². The number of β-amino-alcohol motifs (C(OH)–C–C–N with tert-alkyl or cyclic N) is 1. The lowest BCUT2D eigenvalue weighted by atomic mass is 10.0. The predicted molar refractivity (Wildman–Crippen MR) is 142 cm³/mol. The third-order valence-corrected chi connectivity index (χ3v) is 6.94. The van der Waals surface area contributed by atoms with E-state index in [1.54, 1.807) is 29.2 Å². The van der Waals surface area contributed by atoms with Gasteiger partial charge in [-0.05, 0) is 37.6 Å². The molecular formula is C25H25Cl2F2N7O3. The van der Waals surface area contributed by atoms with Crippen LogP contribution in [0.15, 0.2) is 52.6 Å². The van der Waals surface area contributed by atoms with E-state index in [1.807, 2.05) is 13.1 Å². The summed E-state index contributed by atoms with van der Waals surface area (Å²) in [5.41, 5.74) is 1.31. The highest BCUT2D eigenvalue weighted by atomic mass is 35.5. The molecule has 10 nitrogen and oxygen atoms in total. The number of aliphatic hydroxyl groups is 1. The molecule has 2 aromatic rings. The minimum Gasteiger partial charge on any atom is -0.435 e. The molecule has 1 fully saturated rings. The third kappa shape index (κ3) is 6.75. The van der Waals surface area contributed by atoms with Gasteiger partial charge < -0.3 is 20.1 Å². The van der Waals surface area contributed by atoms with E-state index in [4.69, 9.17) is 23.2 Å². The second-order valence-corrected chi connectivity index (χ2v) is 9.55. The summed E-state index contributed by atoms with van der Waals surface area (Å²) in [4.78, 5) is 19.5. The molecule has 2 heterocycles. The first-order valence-electron chi connectivity index (χ1n) is 12.0. The van der Waals surface area contributed by atoms with Crippen LogP contribution in [0.2, 0.25) is 10.0 Å². The molecule has 0 spiro atoms. The van der Waals surface area contributed by atoms with E-state index < -0.39 is 24.8 Å². The molecule has 1 saturated heterocycles. The summed E-state index contributed by atoms with van der Waals surface area (Å²) < 4.78 is 29.8. The van der Waals surface area contributed by atoms with Gasteiger partial charge in [-0.3, -0.25) is 10.1 Å². The SMILES string of the molecule is CCN(C(=O)[C@H]1C[C@@H](O)CN1)C1CN(C(=Nc2cccc(OC(F)F)c2)NC#N)N=C1c1ccc(Cl)c(Cl)c1. The van der Waals surface area contributed by atoms with Gasteiger partial charge in [0.1, 0.15) is 5.75 Å². The quantitative estimate of drug-likeness (QED) is 0.199. The molecule has 1 unspecified atom stereocenters. The Bertz CT molecular complexity index is 1320. The number of rotatable bonds is 7. The van der Waals surface area contributed by atoms with E-state index in [0.29, 0.717) is 34.4 Å². The first kappa shape index (κ1) is 28.5. The fourth-order valence-electron chi connectivity index (χ4n) is 4.46. The summed E-state index contributed by atoms with van der Waals surface area (Å²) >= 11 is 12.4. The van der Waals surface area contributed by atoms with Crippen molar-refractivity contribution < 1.29 is 23.4 Å². The summed E-state index contributed by atoms with van der Waals surface area (Å²) in [6, 6.07) is 9.51. The molecular weight excluding hydrogens is 555 g/mol. The summed E-state index contributed by atoms with van der Waals surface area (Å²) in [5.74, 6) is -0.308. The molecule has 2 aliphatic heterocycles. The number of carbonyl (C=O) groups is 1. The molecule has 14 heteroatoms. The minimum absolute atomic E-state index is 0.00433. The number of guanidine groups is 1. The minimum atomic E-state index is -3.01. The number of ether oxygens (including phenoxy) is 1. The van der Waals surface area contributed by atoms with E-state index in [0.717, 1.165) is 0 Å². The highest BCUT2D eigenvalue weighted by Crippen LogP contribution is 2.28. The van der Waals surface area contributed by atoms with Gasteiger partial charge in [-0.15, -0.1) is 0 Å². The van der Waals surface area contributed by atoms with Gasteiger partial charge in [-0.1, -0.05) is 35.3 Å². The second-order valence-electron chi connectivity index (χ2n) is 8.73. The number of benzene rings is 2. The van der Waals surface area contributed by atoms with E-state index in [9.17, 15) is 23.9 Å². The predicted octanol–water partition coefficient (Wildman–Crippen LogP) is 3.31. The highest BCUT2D eigenvalue weighted by Gasteiger charge is 2.40. The van der Waals surface area contributed by atoms with Crippen molar-refractivity contribution in [2.75, 3.05) is 19.6 Å². The van der Waals surface area contributed by atoms with Gasteiger partial charge in [0, 0.05) is 24.7 Å². The number of nitriles is 1. The molecule has 0 aromatic heterocycles. The Morgan fingerprint density at radius 1 is 1.36 bits per heavy atom. The topological polar surface area (TPSA) is 126 Å². The molecule has 0 saturated carbocycles. The third-order valence-electron chi connectivity index (χ3n) is 6.20. The lowest BCUT2D eigenvalue weighted by molar-refractivity contribution is -0.134. The molecule has 39 heavy (non-hydrogen) atoms. The number of carbonyl (C=O) groups excluding carboxylic acids is 1. The number of amides is 1. The maximum atomic E-state index is 13.5. The monoisotopic (exact) mass is 579 g/mol. The van der Waals surface area contributed by atoms with Crippen LogP contribution in [-0.4, -0.2) is 77.0 Å². The fraction of sp³-hybridized carbons (Fsp3) is 0.360. The van der Waals surface area contributed by atoms with E-state index >= 15 is 0 Å².